The summed E-state index contributed by atoms with van der Waals surface area (Å²) >= 11 is 0.972. The maximum atomic E-state index is 13.2. The van der Waals surface area contributed by atoms with E-state index in [-0.39, 0.29) is 23.9 Å². The Balaban J connectivity index is 1.44. The standard InChI is InChI=1S/C20H22N4O4S2/c25-17(14-6-2-1-3-7-14)12-21-20(26)15-8-5-11-24(13-15)30(27,28)18-10-4-9-16-19(18)23-29-22-16/h1-4,6-7,9-10,15,17,25H,5,8,11-13H2,(H,21,26)/t15-,17+/m0/s1. The number of aliphatic hydroxyl groups excluding tert-OH is 1. The van der Waals surface area contributed by atoms with Gasteiger partial charge in [0.25, 0.3) is 0 Å². The number of carbonyl (C=O) groups excluding carboxylic acids is 1. The average molecular weight is 447 g/mol. The van der Waals surface area contributed by atoms with Gasteiger partial charge in [0.2, 0.25) is 15.9 Å². The number of fused-ring (bicyclic) bond motifs is 1. The van der Waals surface area contributed by atoms with E-state index in [2.05, 4.69) is 14.1 Å². The van der Waals surface area contributed by atoms with Crippen LogP contribution < -0.4 is 5.32 Å². The first-order valence-electron chi connectivity index (χ1n) is 9.69. The number of hydrogen-bond acceptors (Lipinski definition) is 7. The molecule has 3 aromatic rings. The molecule has 2 atom stereocenters. The third-order valence-corrected chi connectivity index (χ3v) is 7.72. The predicted octanol–water partition coefficient (Wildman–Crippen LogP) is 1.94. The molecule has 1 saturated heterocycles. The van der Waals surface area contributed by atoms with Crippen molar-refractivity contribution in [2.45, 2.75) is 23.8 Å². The number of benzene rings is 2. The van der Waals surface area contributed by atoms with Gasteiger partial charge in [0.1, 0.15) is 15.9 Å². The molecular formula is C20H22N4O4S2. The van der Waals surface area contributed by atoms with Crippen LogP contribution in [-0.2, 0) is 14.8 Å². The Kier molecular flexibility index (Phi) is 6.09. The number of amides is 1. The molecule has 158 valence electrons. The number of piperidine rings is 1. The molecule has 10 heteroatoms. The van der Waals surface area contributed by atoms with Gasteiger partial charge in [-0.3, -0.25) is 4.79 Å². The second-order valence-electron chi connectivity index (χ2n) is 7.26. The van der Waals surface area contributed by atoms with Crippen molar-refractivity contribution in [1.82, 2.24) is 18.4 Å². The van der Waals surface area contributed by atoms with E-state index in [1.54, 1.807) is 24.3 Å². The predicted molar refractivity (Wildman–Crippen MR) is 113 cm³/mol. The molecule has 30 heavy (non-hydrogen) atoms. The molecule has 0 bridgehead atoms. The third-order valence-electron chi connectivity index (χ3n) is 5.28. The summed E-state index contributed by atoms with van der Waals surface area (Å²) in [7, 11) is -3.79. The second kappa shape index (κ2) is 8.76. The van der Waals surface area contributed by atoms with E-state index in [1.165, 1.54) is 10.4 Å². The monoisotopic (exact) mass is 446 g/mol. The summed E-state index contributed by atoms with van der Waals surface area (Å²) in [6.45, 7) is 0.534. The van der Waals surface area contributed by atoms with Crippen molar-refractivity contribution in [3.05, 3.63) is 54.1 Å². The largest absolute Gasteiger partial charge is 0.387 e. The molecule has 2 heterocycles. The van der Waals surface area contributed by atoms with Gasteiger partial charge < -0.3 is 10.4 Å². The fourth-order valence-corrected chi connectivity index (χ4v) is 5.91. The van der Waals surface area contributed by atoms with Crippen molar-refractivity contribution in [3.8, 4) is 0 Å². The van der Waals surface area contributed by atoms with Gasteiger partial charge >= 0.3 is 0 Å². The molecule has 0 radical (unpaired) electrons. The van der Waals surface area contributed by atoms with Crippen LogP contribution in [0.1, 0.15) is 24.5 Å². The van der Waals surface area contributed by atoms with Crippen LogP contribution in [0.25, 0.3) is 11.0 Å². The van der Waals surface area contributed by atoms with Gasteiger partial charge in [-0.05, 0) is 30.5 Å². The molecular weight excluding hydrogens is 424 g/mol. The highest BCUT2D eigenvalue weighted by Gasteiger charge is 2.34. The lowest BCUT2D eigenvalue weighted by Crippen LogP contribution is -2.46. The second-order valence-corrected chi connectivity index (χ2v) is 9.70. The van der Waals surface area contributed by atoms with E-state index < -0.39 is 22.0 Å². The minimum absolute atomic E-state index is 0.0793. The number of aromatic nitrogens is 2. The first-order chi connectivity index (χ1) is 14.5. The molecule has 0 aliphatic carbocycles. The highest BCUT2D eigenvalue weighted by molar-refractivity contribution is 7.89. The van der Waals surface area contributed by atoms with E-state index >= 15 is 0 Å². The number of sulfonamides is 1. The molecule has 0 unspecified atom stereocenters. The van der Waals surface area contributed by atoms with Crippen LogP contribution in [0, 0.1) is 5.92 Å². The van der Waals surface area contributed by atoms with Crippen LogP contribution in [0.3, 0.4) is 0 Å². The number of hydrogen-bond donors (Lipinski definition) is 2. The summed E-state index contributed by atoms with van der Waals surface area (Å²) in [6.07, 6.45) is 0.374. The summed E-state index contributed by atoms with van der Waals surface area (Å²) in [5.41, 5.74) is 1.62. The Hall–Kier alpha value is -2.40. The quantitative estimate of drug-likeness (QED) is 0.598. The van der Waals surface area contributed by atoms with Crippen molar-refractivity contribution in [2.75, 3.05) is 19.6 Å². The van der Waals surface area contributed by atoms with Gasteiger partial charge in [-0.2, -0.15) is 13.1 Å². The molecule has 1 amide bonds. The number of nitrogens with one attached hydrogen (secondary N) is 1. The van der Waals surface area contributed by atoms with Gasteiger partial charge in [0.15, 0.2) is 0 Å². The fourth-order valence-electron chi connectivity index (χ4n) is 3.64. The molecule has 1 fully saturated rings. The van der Waals surface area contributed by atoms with Crippen LogP contribution in [0.5, 0.6) is 0 Å². The average Bonchev–Trinajstić information content (AvgIpc) is 3.26. The van der Waals surface area contributed by atoms with Gasteiger partial charge in [-0.1, -0.05) is 36.4 Å². The highest BCUT2D eigenvalue weighted by Crippen LogP contribution is 2.28. The van der Waals surface area contributed by atoms with Crippen molar-refractivity contribution in [1.29, 1.82) is 0 Å². The first-order valence-corrected chi connectivity index (χ1v) is 11.9. The summed E-state index contributed by atoms with van der Waals surface area (Å²) < 4.78 is 36.0. The summed E-state index contributed by atoms with van der Waals surface area (Å²) in [4.78, 5) is 12.8. The molecule has 0 spiro atoms. The fraction of sp³-hybridized carbons (Fsp3) is 0.350. The lowest BCUT2D eigenvalue weighted by atomic mass is 9.98. The maximum Gasteiger partial charge on any atom is 0.245 e. The molecule has 1 aliphatic heterocycles. The Labute approximate surface area is 178 Å². The van der Waals surface area contributed by atoms with Crippen LogP contribution >= 0.6 is 11.7 Å². The van der Waals surface area contributed by atoms with Crippen LogP contribution in [0.4, 0.5) is 0 Å². The van der Waals surface area contributed by atoms with Crippen LogP contribution in [-0.4, -0.2) is 52.1 Å². The van der Waals surface area contributed by atoms with E-state index in [1.807, 2.05) is 18.2 Å². The lowest BCUT2D eigenvalue weighted by molar-refractivity contribution is -0.126. The van der Waals surface area contributed by atoms with Gasteiger partial charge in [-0.15, -0.1) is 0 Å². The van der Waals surface area contributed by atoms with E-state index in [4.69, 9.17) is 0 Å². The SMILES string of the molecule is O=C(NC[C@@H](O)c1ccccc1)[C@H]1CCCN(S(=O)(=O)c2cccc3nsnc23)C1. The Morgan fingerprint density at radius 2 is 2.00 bits per heavy atom. The molecule has 1 aromatic heterocycles. The summed E-state index contributed by atoms with van der Waals surface area (Å²) in [6, 6.07) is 14.0. The van der Waals surface area contributed by atoms with Crippen molar-refractivity contribution in [2.24, 2.45) is 5.92 Å². The van der Waals surface area contributed by atoms with E-state index in [0.717, 1.165) is 17.3 Å². The van der Waals surface area contributed by atoms with Gasteiger partial charge in [-0.25, -0.2) is 8.42 Å². The topological polar surface area (TPSA) is 112 Å². The Bertz CT molecular complexity index is 1130. The lowest BCUT2D eigenvalue weighted by Gasteiger charge is -2.31. The zero-order valence-corrected chi connectivity index (χ0v) is 17.8. The molecule has 2 N–H and O–H groups in total. The number of carbonyl (C=O) groups is 1. The van der Waals surface area contributed by atoms with E-state index in [9.17, 15) is 18.3 Å². The number of nitrogens with zero attached hydrogens (tertiary/aromatic N) is 3. The number of aliphatic hydroxyl groups is 1. The normalized spacial score (nSPS) is 18.9. The van der Waals surface area contributed by atoms with E-state index in [0.29, 0.717) is 30.4 Å². The van der Waals surface area contributed by atoms with Crippen molar-refractivity contribution in [3.63, 3.8) is 0 Å². The van der Waals surface area contributed by atoms with Gasteiger partial charge in [0, 0.05) is 19.6 Å². The minimum Gasteiger partial charge on any atom is -0.387 e. The number of rotatable bonds is 6. The zero-order valence-electron chi connectivity index (χ0n) is 16.1. The first kappa shape index (κ1) is 20.9. The Morgan fingerprint density at radius 1 is 1.20 bits per heavy atom. The highest BCUT2D eigenvalue weighted by atomic mass is 32.2. The maximum absolute atomic E-state index is 13.2. The summed E-state index contributed by atoms with van der Waals surface area (Å²) in [5.74, 6) is -0.720. The minimum atomic E-state index is -3.79. The zero-order chi connectivity index (χ0) is 21.1. The Morgan fingerprint density at radius 3 is 2.80 bits per heavy atom. The third kappa shape index (κ3) is 4.22. The van der Waals surface area contributed by atoms with Crippen LogP contribution in [0.2, 0.25) is 0 Å². The molecule has 4 rings (SSSR count). The molecule has 8 nitrogen and oxygen atoms in total. The molecule has 2 aromatic carbocycles. The van der Waals surface area contributed by atoms with Crippen molar-refractivity contribution >= 4 is 38.7 Å². The summed E-state index contributed by atoms with van der Waals surface area (Å²) in [5, 5.41) is 13.0. The van der Waals surface area contributed by atoms with Crippen molar-refractivity contribution < 1.29 is 18.3 Å². The smallest absolute Gasteiger partial charge is 0.245 e. The van der Waals surface area contributed by atoms with Crippen LogP contribution in [0.15, 0.2) is 53.4 Å². The molecule has 1 aliphatic rings. The molecule has 0 saturated carbocycles. The van der Waals surface area contributed by atoms with Gasteiger partial charge in [0.05, 0.1) is 23.8 Å².